The Morgan fingerprint density at radius 2 is 2.18 bits per heavy atom. The number of hydrogen-bond donors (Lipinski definition) is 1. The molecule has 1 rings (SSSR count). The molecule has 1 aromatic rings. The van der Waals surface area contributed by atoms with E-state index in [1.807, 2.05) is 6.26 Å². The smallest absolute Gasteiger partial charge is 0.190 e. The minimum atomic E-state index is 0.476. The van der Waals surface area contributed by atoms with Gasteiger partial charge in [-0.25, -0.2) is 9.97 Å². The Kier molecular flexibility index (Phi) is 6.02. The standard InChI is InChI=1S/C11H19ClN4S/c1-8(2)16(3)6-5-13-10-7-9(12)14-11(15-10)17-4/h7-8H,5-6H2,1-4H3,(H,13,14,15). The molecular formula is C11H19ClN4S. The van der Waals surface area contributed by atoms with Gasteiger partial charge in [0.05, 0.1) is 0 Å². The maximum atomic E-state index is 5.91. The zero-order valence-electron chi connectivity index (χ0n) is 10.7. The zero-order valence-corrected chi connectivity index (χ0v) is 12.3. The van der Waals surface area contributed by atoms with Crippen molar-refractivity contribution in [3.05, 3.63) is 11.2 Å². The van der Waals surface area contributed by atoms with E-state index in [9.17, 15) is 0 Å². The number of likely N-dealkylation sites (N-methyl/N-ethyl adjacent to an activating group) is 1. The molecule has 0 aliphatic heterocycles. The lowest BCUT2D eigenvalue weighted by Crippen LogP contribution is -2.31. The van der Waals surface area contributed by atoms with Crippen molar-refractivity contribution in [2.75, 3.05) is 31.7 Å². The molecule has 0 fully saturated rings. The molecule has 0 amide bonds. The van der Waals surface area contributed by atoms with E-state index in [1.54, 1.807) is 6.07 Å². The Bertz CT molecular complexity index is 359. The van der Waals surface area contributed by atoms with E-state index < -0.39 is 0 Å². The molecule has 0 radical (unpaired) electrons. The highest BCUT2D eigenvalue weighted by molar-refractivity contribution is 7.98. The van der Waals surface area contributed by atoms with Crippen LogP contribution in [-0.4, -0.2) is 47.3 Å². The van der Waals surface area contributed by atoms with Crippen LogP contribution >= 0.6 is 23.4 Å². The van der Waals surface area contributed by atoms with Gasteiger partial charge < -0.3 is 10.2 Å². The van der Waals surface area contributed by atoms with Gasteiger partial charge in [0, 0.05) is 25.2 Å². The molecule has 0 saturated heterocycles. The van der Waals surface area contributed by atoms with E-state index in [-0.39, 0.29) is 0 Å². The lowest BCUT2D eigenvalue weighted by molar-refractivity contribution is 0.284. The summed E-state index contributed by atoms with van der Waals surface area (Å²) < 4.78 is 0. The molecule has 96 valence electrons. The fourth-order valence-corrected chi connectivity index (χ4v) is 1.81. The van der Waals surface area contributed by atoms with Gasteiger partial charge in [0.25, 0.3) is 0 Å². The molecule has 0 aromatic carbocycles. The highest BCUT2D eigenvalue weighted by Crippen LogP contribution is 2.16. The molecule has 0 bridgehead atoms. The van der Waals surface area contributed by atoms with Gasteiger partial charge in [0.1, 0.15) is 11.0 Å². The molecule has 0 saturated carbocycles. The Labute approximate surface area is 112 Å². The highest BCUT2D eigenvalue weighted by atomic mass is 35.5. The lowest BCUT2D eigenvalue weighted by Gasteiger charge is -2.21. The van der Waals surface area contributed by atoms with Crippen LogP contribution in [0.15, 0.2) is 11.2 Å². The van der Waals surface area contributed by atoms with Gasteiger partial charge in [0.2, 0.25) is 0 Å². The fourth-order valence-electron chi connectivity index (χ4n) is 1.20. The number of anilines is 1. The van der Waals surface area contributed by atoms with Gasteiger partial charge >= 0.3 is 0 Å². The van der Waals surface area contributed by atoms with Crippen LogP contribution in [0.1, 0.15) is 13.8 Å². The van der Waals surface area contributed by atoms with Crippen LogP contribution in [0.3, 0.4) is 0 Å². The summed E-state index contributed by atoms with van der Waals surface area (Å²) in [7, 11) is 2.10. The van der Waals surface area contributed by atoms with E-state index in [0.29, 0.717) is 16.4 Å². The molecule has 1 aromatic heterocycles. The maximum absolute atomic E-state index is 5.91. The Hall–Kier alpha value is -0.520. The van der Waals surface area contributed by atoms with Crippen LogP contribution in [0, 0.1) is 0 Å². The van der Waals surface area contributed by atoms with Gasteiger partial charge in [-0.1, -0.05) is 23.4 Å². The van der Waals surface area contributed by atoms with Gasteiger partial charge in [0.15, 0.2) is 5.16 Å². The summed E-state index contributed by atoms with van der Waals surface area (Å²) in [5.74, 6) is 0.784. The van der Waals surface area contributed by atoms with Crippen molar-refractivity contribution in [1.82, 2.24) is 14.9 Å². The molecule has 0 unspecified atom stereocenters. The van der Waals surface area contributed by atoms with Crippen molar-refractivity contribution in [3.8, 4) is 0 Å². The van der Waals surface area contributed by atoms with Crippen LogP contribution in [-0.2, 0) is 0 Å². The van der Waals surface area contributed by atoms with Crippen molar-refractivity contribution in [2.45, 2.75) is 25.0 Å². The van der Waals surface area contributed by atoms with Crippen molar-refractivity contribution >= 4 is 29.2 Å². The van der Waals surface area contributed by atoms with Crippen LogP contribution in [0.25, 0.3) is 0 Å². The predicted octanol–water partition coefficient (Wildman–Crippen LogP) is 2.60. The van der Waals surface area contributed by atoms with Crippen molar-refractivity contribution < 1.29 is 0 Å². The maximum Gasteiger partial charge on any atom is 0.190 e. The lowest BCUT2D eigenvalue weighted by atomic mass is 10.3. The summed E-state index contributed by atoms with van der Waals surface area (Å²) in [5.41, 5.74) is 0. The zero-order chi connectivity index (χ0) is 12.8. The number of nitrogens with one attached hydrogen (secondary N) is 1. The van der Waals surface area contributed by atoms with Crippen LogP contribution in [0.4, 0.5) is 5.82 Å². The molecule has 17 heavy (non-hydrogen) atoms. The van der Waals surface area contributed by atoms with Gasteiger partial charge in [-0.3, -0.25) is 0 Å². The summed E-state index contributed by atoms with van der Waals surface area (Å²) in [6.45, 7) is 6.16. The molecule has 4 nitrogen and oxygen atoms in total. The summed E-state index contributed by atoms with van der Waals surface area (Å²) in [6, 6.07) is 2.30. The second kappa shape index (κ2) is 7.03. The Morgan fingerprint density at radius 1 is 1.47 bits per heavy atom. The van der Waals surface area contributed by atoms with Crippen molar-refractivity contribution in [3.63, 3.8) is 0 Å². The average molecular weight is 275 g/mol. The van der Waals surface area contributed by atoms with Crippen LogP contribution in [0.5, 0.6) is 0 Å². The first-order valence-electron chi connectivity index (χ1n) is 5.55. The number of hydrogen-bond acceptors (Lipinski definition) is 5. The molecule has 1 heterocycles. The molecule has 0 aliphatic carbocycles. The summed E-state index contributed by atoms with van der Waals surface area (Å²) >= 11 is 7.39. The quantitative estimate of drug-likeness (QED) is 0.491. The first-order chi connectivity index (χ1) is 8.02. The number of aromatic nitrogens is 2. The van der Waals surface area contributed by atoms with E-state index in [2.05, 4.69) is 41.1 Å². The third-order valence-corrected chi connectivity index (χ3v) is 3.25. The van der Waals surface area contributed by atoms with Crippen LogP contribution in [0.2, 0.25) is 5.15 Å². The summed E-state index contributed by atoms with van der Waals surface area (Å²) in [5, 5.41) is 4.42. The number of thioether (sulfide) groups is 1. The minimum Gasteiger partial charge on any atom is -0.369 e. The topological polar surface area (TPSA) is 41.1 Å². The van der Waals surface area contributed by atoms with Gasteiger partial charge in [-0.05, 0) is 27.2 Å². The van der Waals surface area contributed by atoms with E-state index >= 15 is 0 Å². The molecule has 1 N–H and O–H groups in total. The fraction of sp³-hybridized carbons (Fsp3) is 0.636. The third-order valence-electron chi connectivity index (χ3n) is 2.51. The second-order valence-corrected chi connectivity index (χ2v) is 5.22. The molecule has 6 heteroatoms. The largest absolute Gasteiger partial charge is 0.369 e. The predicted molar refractivity (Wildman–Crippen MR) is 75.1 cm³/mol. The van der Waals surface area contributed by atoms with E-state index in [0.717, 1.165) is 18.9 Å². The molecule has 0 aliphatic rings. The number of halogens is 1. The highest BCUT2D eigenvalue weighted by Gasteiger charge is 2.04. The third kappa shape index (κ3) is 5.10. The number of rotatable bonds is 6. The van der Waals surface area contributed by atoms with Crippen LogP contribution < -0.4 is 5.32 Å². The van der Waals surface area contributed by atoms with Gasteiger partial charge in [-0.15, -0.1) is 0 Å². The SMILES string of the molecule is CSc1nc(Cl)cc(NCCN(C)C(C)C)n1. The summed E-state index contributed by atoms with van der Waals surface area (Å²) in [6.07, 6.45) is 1.93. The molecule has 0 spiro atoms. The van der Waals surface area contributed by atoms with E-state index in [4.69, 9.17) is 11.6 Å². The minimum absolute atomic E-state index is 0.476. The van der Waals surface area contributed by atoms with E-state index in [1.165, 1.54) is 11.8 Å². The molecule has 0 atom stereocenters. The van der Waals surface area contributed by atoms with Gasteiger partial charge in [-0.2, -0.15) is 0 Å². The normalized spacial score (nSPS) is 11.2. The molecular weight excluding hydrogens is 256 g/mol. The summed E-state index contributed by atoms with van der Waals surface area (Å²) in [4.78, 5) is 10.7. The average Bonchev–Trinajstić information content (AvgIpc) is 2.27. The Balaban J connectivity index is 2.49. The second-order valence-electron chi connectivity index (χ2n) is 4.06. The monoisotopic (exact) mass is 274 g/mol. The first kappa shape index (κ1) is 14.5. The first-order valence-corrected chi connectivity index (χ1v) is 7.16. The van der Waals surface area contributed by atoms with Crippen molar-refractivity contribution in [2.24, 2.45) is 0 Å². The Morgan fingerprint density at radius 3 is 2.76 bits per heavy atom. The number of nitrogens with zero attached hydrogens (tertiary/aromatic N) is 3. The van der Waals surface area contributed by atoms with Crippen molar-refractivity contribution in [1.29, 1.82) is 0 Å².